The van der Waals surface area contributed by atoms with E-state index >= 15 is 0 Å². The highest BCUT2D eigenvalue weighted by molar-refractivity contribution is 7.89. The van der Waals surface area contributed by atoms with E-state index in [-0.39, 0.29) is 23.0 Å². The third kappa shape index (κ3) is 3.08. The van der Waals surface area contributed by atoms with Crippen molar-refractivity contribution >= 4 is 21.7 Å². The van der Waals surface area contributed by atoms with Crippen molar-refractivity contribution in [2.45, 2.75) is 23.8 Å². The molecule has 6 nitrogen and oxygen atoms in total. The van der Waals surface area contributed by atoms with Crippen molar-refractivity contribution < 1.29 is 17.9 Å². The number of nitrogens with zero attached hydrogens (tertiary/aromatic N) is 1. The molecule has 0 aromatic heterocycles. The fourth-order valence-electron chi connectivity index (χ4n) is 2.10. The summed E-state index contributed by atoms with van der Waals surface area (Å²) in [5, 5.41) is 0. The Kier molecular flexibility index (Phi) is 4.34. The van der Waals surface area contributed by atoms with Crippen molar-refractivity contribution in [2.24, 2.45) is 0 Å². The number of ether oxygens (including phenoxy) is 1. The number of carbonyl (C=O) groups is 1. The fourth-order valence-corrected chi connectivity index (χ4v) is 3.92. The second-order valence-corrected chi connectivity index (χ2v) is 6.70. The van der Waals surface area contributed by atoms with Crippen molar-refractivity contribution in [2.75, 3.05) is 19.4 Å². The summed E-state index contributed by atoms with van der Waals surface area (Å²) in [6, 6.07) is 4.09. The van der Waals surface area contributed by atoms with Crippen LogP contribution in [0.15, 0.2) is 35.7 Å². The summed E-state index contributed by atoms with van der Waals surface area (Å²) in [5.74, 6) is -0.727. The van der Waals surface area contributed by atoms with Gasteiger partial charge in [0.1, 0.15) is 0 Å². The lowest BCUT2D eigenvalue weighted by molar-refractivity contribution is 0.0596. The highest BCUT2D eigenvalue weighted by Gasteiger charge is 2.39. The Bertz CT molecular complexity index is 666. The molecular formula is C14H18N2O4S. The van der Waals surface area contributed by atoms with Gasteiger partial charge in [0.2, 0.25) is 10.0 Å². The molecule has 0 atom stereocenters. The van der Waals surface area contributed by atoms with Gasteiger partial charge in [-0.3, -0.25) is 0 Å². The van der Waals surface area contributed by atoms with Gasteiger partial charge >= 0.3 is 5.97 Å². The minimum absolute atomic E-state index is 0.0314. The number of benzene rings is 1. The summed E-state index contributed by atoms with van der Waals surface area (Å²) in [5.41, 5.74) is 5.89. The normalized spacial score (nSPS) is 15.0. The standard InChI is InChI=1S/C14H18N2O4S/c1-3-8-16(11-5-6-11)21(18,19)13-7-4-10(15)9-12(13)14(17)20-2/h3-4,7,9,11H,1,5-6,8,15H2,2H3. The summed E-state index contributed by atoms with van der Waals surface area (Å²) in [4.78, 5) is 11.7. The van der Waals surface area contributed by atoms with Crippen LogP contribution < -0.4 is 5.73 Å². The number of esters is 1. The van der Waals surface area contributed by atoms with E-state index in [2.05, 4.69) is 11.3 Å². The second kappa shape index (κ2) is 5.87. The van der Waals surface area contributed by atoms with Crippen LogP contribution in [0.5, 0.6) is 0 Å². The molecule has 0 amide bonds. The number of sulfonamides is 1. The molecule has 2 N–H and O–H groups in total. The van der Waals surface area contributed by atoms with E-state index in [1.807, 2.05) is 0 Å². The molecule has 0 saturated heterocycles. The molecule has 0 bridgehead atoms. The Balaban J connectivity index is 2.53. The maximum Gasteiger partial charge on any atom is 0.339 e. The third-order valence-electron chi connectivity index (χ3n) is 3.26. The molecule has 1 aliphatic rings. The maximum atomic E-state index is 12.8. The van der Waals surface area contributed by atoms with Crippen LogP contribution >= 0.6 is 0 Å². The largest absolute Gasteiger partial charge is 0.465 e. The van der Waals surface area contributed by atoms with Crippen LogP contribution in [-0.2, 0) is 14.8 Å². The van der Waals surface area contributed by atoms with E-state index in [1.54, 1.807) is 0 Å². The first-order valence-corrected chi connectivity index (χ1v) is 7.96. The van der Waals surface area contributed by atoms with Gasteiger partial charge in [-0.1, -0.05) is 6.08 Å². The summed E-state index contributed by atoms with van der Waals surface area (Å²) in [7, 11) is -2.60. The number of hydrogen-bond donors (Lipinski definition) is 1. The smallest absolute Gasteiger partial charge is 0.339 e. The van der Waals surface area contributed by atoms with Crippen molar-refractivity contribution in [3.63, 3.8) is 0 Å². The van der Waals surface area contributed by atoms with Crippen molar-refractivity contribution in [3.05, 3.63) is 36.4 Å². The van der Waals surface area contributed by atoms with Gasteiger partial charge in [-0.05, 0) is 31.0 Å². The van der Waals surface area contributed by atoms with Gasteiger partial charge in [0.25, 0.3) is 0 Å². The molecule has 1 aromatic carbocycles. The van der Waals surface area contributed by atoms with Gasteiger partial charge in [-0.15, -0.1) is 6.58 Å². The Morgan fingerprint density at radius 1 is 1.52 bits per heavy atom. The SMILES string of the molecule is C=CCN(C1CC1)S(=O)(=O)c1ccc(N)cc1C(=O)OC. The predicted molar refractivity (Wildman–Crippen MR) is 79.3 cm³/mol. The van der Waals surface area contributed by atoms with Gasteiger partial charge in [-0.25, -0.2) is 13.2 Å². The first kappa shape index (κ1) is 15.5. The van der Waals surface area contributed by atoms with Crippen LogP contribution in [0.25, 0.3) is 0 Å². The van der Waals surface area contributed by atoms with Crippen LogP contribution in [0.2, 0.25) is 0 Å². The third-order valence-corrected chi connectivity index (χ3v) is 5.24. The molecule has 21 heavy (non-hydrogen) atoms. The molecule has 1 aliphatic carbocycles. The number of rotatable bonds is 6. The number of hydrogen-bond acceptors (Lipinski definition) is 5. The van der Waals surface area contributed by atoms with Crippen LogP contribution in [0, 0.1) is 0 Å². The average molecular weight is 310 g/mol. The first-order valence-electron chi connectivity index (χ1n) is 6.52. The topological polar surface area (TPSA) is 89.7 Å². The van der Waals surface area contributed by atoms with Gasteiger partial charge in [0, 0.05) is 18.3 Å². The van der Waals surface area contributed by atoms with Crippen LogP contribution in [0.4, 0.5) is 5.69 Å². The van der Waals surface area contributed by atoms with Crippen molar-refractivity contribution in [1.82, 2.24) is 4.31 Å². The number of nitrogens with two attached hydrogens (primary N) is 1. The predicted octanol–water partition coefficient (Wildman–Crippen LogP) is 1.39. The minimum Gasteiger partial charge on any atom is -0.465 e. The molecule has 1 fully saturated rings. The van der Waals surface area contributed by atoms with E-state index in [0.717, 1.165) is 12.8 Å². The average Bonchev–Trinajstić information content (AvgIpc) is 3.27. The summed E-state index contributed by atoms with van der Waals surface area (Å²) in [6.07, 6.45) is 3.16. The number of anilines is 1. The zero-order valence-corrected chi connectivity index (χ0v) is 12.6. The molecule has 7 heteroatoms. The lowest BCUT2D eigenvalue weighted by Gasteiger charge is -2.21. The van der Waals surface area contributed by atoms with Gasteiger partial charge in [-0.2, -0.15) is 4.31 Å². The Labute approximate surface area is 124 Å². The lowest BCUT2D eigenvalue weighted by atomic mass is 10.2. The van der Waals surface area contributed by atoms with Gasteiger partial charge in [0.15, 0.2) is 0 Å². The van der Waals surface area contributed by atoms with Crippen LogP contribution in [0.3, 0.4) is 0 Å². The lowest BCUT2D eigenvalue weighted by Crippen LogP contribution is -2.34. The monoisotopic (exact) mass is 310 g/mol. The molecule has 0 unspecified atom stereocenters. The first-order chi connectivity index (χ1) is 9.91. The minimum atomic E-state index is -3.80. The highest BCUT2D eigenvalue weighted by atomic mass is 32.2. The summed E-state index contributed by atoms with van der Waals surface area (Å²) >= 11 is 0. The van der Waals surface area contributed by atoms with Gasteiger partial charge in [0.05, 0.1) is 17.6 Å². The van der Waals surface area contributed by atoms with Crippen LogP contribution in [-0.4, -0.2) is 38.4 Å². The van der Waals surface area contributed by atoms with Crippen molar-refractivity contribution in [3.8, 4) is 0 Å². The molecule has 0 spiro atoms. The molecule has 2 rings (SSSR count). The second-order valence-electron chi connectivity index (χ2n) is 4.84. The van der Waals surface area contributed by atoms with E-state index in [9.17, 15) is 13.2 Å². The van der Waals surface area contributed by atoms with Crippen molar-refractivity contribution in [1.29, 1.82) is 0 Å². The molecule has 0 heterocycles. The van der Waals surface area contributed by atoms with E-state index in [0.29, 0.717) is 5.69 Å². The molecule has 0 aliphatic heterocycles. The van der Waals surface area contributed by atoms with E-state index in [1.165, 1.54) is 35.7 Å². The molecule has 1 aromatic rings. The molecular weight excluding hydrogens is 292 g/mol. The van der Waals surface area contributed by atoms with E-state index in [4.69, 9.17) is 5.73 Å². The highest BCUT2D eigenvalue weighted by Crippen LogP contribution is 2.33. The van der Waals surface area contributed by atoms with Gasteiger partial charge < -0.3 is 10.5 Å². The Hall–Kier alpha value is -1.86. The number of methoxy groups -OCH3 is 1. The van der Waals surface area contributed by atoms with E-state index < -0.39 is 16.0 Å². The number of carbonyl (C=O) groups excluding carboxylic acids is 1. The number of nitrogen functional groups attached to an aromatic ring is 1. The molecule has 114 valence electrons. The quantitative estimate of drug-likeness (QED) is 0.487. The molecule has 1 saturated carbocycles. The Morgan fingerprint density at radius 3 is 2.71 bits per heavy atom. The summed E-state index contributed by atoms with van der Waals surface area (Å²) in [6.45, 7) is 3.79. The fraction of sp³-hybridized carbons (Fsp3) is 0.357. The maximum absolute atomic E-state index is 12.8. The molecule has 0 radical (unpaired) electrons. The zero-order chi connectivity index (χ0) is 15.6. The summed E-state index contributed by atoms with van der Waals surface area (Å²) < 4.78 is 31.6. The zero-order valence-electron chi connectivity index (χ0n) is 11.8. The van der Waals surface area contributed by atoms with Crippen LogP contribution in [0.1, 0.15) is 23.2 Å². The Morgan fingerprint density at radius 2 is 2.19 bits per heavy atom.